The van der Waals surface area contributed by atoms with Gasteiger partial charge in [-0.25, -0.2) is 13.2 Å². The Morgan fingerprint density at radius 1 is 1.17 bits per heavy atom. The van der Waals surface area contributed by atoms with E-state index in [0.717, 1.165) is 12.8 Å². The largest absolute Gasteiger partial charge is 0.416 e. The second-order valence-electron chi connectivity index (χ2n) is 9.87. The highest BCUT2D eigenvalue weighted by Crippen LogP contribution is 2.39. The highest BCUT2D eigenvalue weighted by Gasteiger charge is 2.37. The van der Waals surface area contributed by atoms with Crippen LogP contribution in [-0.4, -0.2) is 66.0 Å². The molecule has 4 rings (SSSR count). The van der Waals surface area contributed by atoms with Crippen LogP contribution in [0.3, 0.4) is 0 Å². The number of aliphatic hydroxyl groups excluding tert-OH is 1. The number of H-pyrrole nitrogens is 1. The zero-order valence-corrected chi connectivity index (χ0v) is 24.4. The van der Waals surface area contributed by atoms with Crippen LogP contribution in [0.2, 0.25) is 10.0 Å². The summed E-state index contributed by atoms with van der Waals surface area (Å²) in [7, 11) is -3.77. The summed E-state index contributed by atoms with van der Waals surface area (Å²) in [5, 5.41) is 11.5. The lowest BCUT2D eigenvalue weighted by atomic mass is 10.0. The number of aliphatic hydroxyl groups is 1. The van der Waals surface area contributed by atoms with Gasteiger partial charge in [-0.15, -0.1) is 0 Å². The van der Waals surface area contributed by atoms with Crippen molar-refractivity contribution in [2.45, 2.75) is 50.0 Å². The number of benzene rings is 2. The lowest BCUT2D eigenvalue weighted by molar-refractivity contribution is -0.138. The molecule has 2 heterocycles. The first-order valence-electron chi connectivity index (χ1n) is 12.9. The number of nitrogens with one attached hydrogen (secondary N) is 2. The van der Waals surface area contributed by atoms with Crippen LogP contribution in [0.15, 0.2) is 38.8 Å². The number of halogens is 5. The SMILES string of the molecule is CCS(=O)(=O)c1ccc(Cl)cc1Cn1c(=O)[nH]c2c(Cl)c(CN3CCCC(NCCO)C3)c(C(F)(F)F)cc2c1=O. The Balaban J connectivity index is 1.82. The average Bonchev–Trinajstić information content (AvgIpc) is 2.91. The first kappa shape index (κ1) is 31.5. The summed E-state index contributed by atoms with van der Waals surface area (Å²) in [6, 6.07) is 4.55. The summed E-state index contributed by atoms with van der Waals surface area (Å²) in [6.45, 7) is 1.94. The molecular formula is C26H29Cl2F3N4O5S. The zero-order chi connectivity index (χ0) is 30.1. The number of piperidine rings is 1. The van der Waals surface area contributed by atoms with Crippen molar-refractivity contribution in [3.05, 3.63) is 71.8 Å². The van der Waals surface area contributed by atoms with E-state index in [1.807, 2.05) is 0 Å². The van der Waals surface area contributed by atoms with E-state index in [-0.39, 0.29) is 51.5 Å². The summed E-state index contributed by atoms with van der Waals surface area (Å²) in [6.07, 6.45) is -3.34. The van der Waals surface area contributed by atoms with E-state index in [2.05, 4.69) is 10.3 Å². The third-order valence-electron chi connectivity index (χ3n) is 7.12. The standard InChI is InChI=1S/C26H29Cl2F3N4O5S/c1-2-41(39,40)21-6-5-16(27)10-15(21)12-35-24(37)18-11-20(26(29,30)31)19(22(28)23(18)33-25(35)38)14-34-8-3-4-17(13-34)32-7-9-36/h5-6,10-11,17,32,36H,2-4,7-9,12-14H2,1H3,(H,33,38). The Hall–Kier alpha value is -2.42. The van der Waals surface area contributed by atoms with E-state index in [9.17, 15) is 31.2 Å². The lowest BCUT2D eigenvalue weighted by Gasteiger charge is -2.34. The first-order valence-corrected chi connectivity index (χ1v) is 15.3. The minimum Gasteiger partial charge on any atom is -0.395 e. The molecule has 0 aliphatic carbocycles. The summed E-state index contributed by atoms with van der Waals surface area (Å²) in [4.78, 5) is 30.6. The monoisotopic (exact) mass is 636 g/mol. The minimum absolute atomic E-state index is 0.0237. The predicted octanol–water partition coefficient (Wildman–Crippen LogP) is 3.40. The van der Waals surface area contributed by atoms with Crippen molar-refractivity contribution in [1.29, 1.82) is 0 Å². The summed E-state index contributed by atoms with van der Waals surface area (Å²) >= 11 is 12.5. The fourth-order valence-corrected chi connectivity index (χ4v) is 6.72. The molecule has 1 aromatic heterocycles. The molecule has 0 spiro atoms. The molecule has 3 N–H and O–H groups in total. The highest BCUT2D eigenvalue weighted by molar-refractivity contribution is 7.91. The quantitative estimate of drug-likeness (QED) is 0.329. The van der Waals surface area contributed by atoms with Crippen LogP contribution in [0.25, 0.3) is 10.9 Å². The molecule has 1 aliphatic heterocycles. The molecular weight excluding hydrogens is 608 g/mol. The second kappa shape index (κ2) is 12.4. The van der Waals surface area contributed by atoms with Crippen molar-refractivity contribution in [3.8, 4) is 0 Å². The number of rotatable bonds is 9. The van der Waals surface area contributed by atoms with Crippen molar-refractivity contribution in [3.63, 3.8) is 0 Å². The second-order valence-corrected chi connectivity index (χ2v) is 12.9. The van der Waals surface area contributed by atoms with Crippen LogP contribution in [0.1, 0.15) is 36.5 Å². The smallest absolute Gasteiger partial charge is 0.395 e. The van der Waals surface area contributed by atoms with Crippen molar-refractivity contribution in [1.82, 2.24) is 19.8 Å². The summed E-state index contributed by atoms with van der Waals surface area (Å²) < 4.78 is 68.7. The molecule has 15 heteroatoms. The number of fused-ring (bicyclic) bond motifs is 1. The van der Waals surface area contributed by atoms with Gasteiger partial charge in [-0.05, 0) is 54.8 Å². The lowest BCUT2D eigenvalue weighted by Crippen LogP contribution is -2.46. The van der Waals surface area contributed by atoms with Crippen molar-refractivity contribution >= 4 is 43.9 Å². The first-order chi connectivity index (χ1) is 19.3. The van der Waals surface area contributed by atoms with Crippen LogP contribution in [0, 0.1) is 0 Å². The molecule has 1 atom stereocenters. The van der Waals surface area contributed by atoms with Crippen LogP contribution in [-0.2, 0) is 29.1 Å². The van der Waals surface area contributed by atoms with Crippen LogP contribution >= 0.6 is 23.2 Å². The third-order valence-corrected chi connectivity index (χ3v) is 9.60. The fraction of sp³-hybridized carbons (Fsp3) is 0.462. The minimum atomic E-state index is -4.86. The van der Waals surface area contributed by atoms with E-state index < -0.39 is 49.8 Å². The van der Waals surface area contributed by atoms with Crippen LogP contribution < -0.4 is 16.6 Å². The molecule has 3 aromatic rings. The van der Waals surface area contributed by atoms with Gasteiger partial charge in [0.15, 0.2) is 9.84 Å². The Labute approximate surface area is 243 Å². The van der Waals surface area contributed by atoms with Gasteiger partial charge >= 0.3 is 11.9 Å². The Bertz CT molecular complexity index is 1670. The van der Waals surface area contributed by atoms with Gasteiger partial charge in [0.1, 0.15) is 0 Å². The Kier molecular flexibility index (Phi) is 9.56. The van der Waals surface area contributed by atoms with E-state index in [4.69, 9.17) is 28.3 Å². The molecule has 1 fully saturated rings. The number of aromatic nitrogens is 2. The molecule has 224 valence electrons. The van der Waals surface area contributed by atoms with Gasteiger partial charge < -0.3 is 15.4 Å². The maximum absolute atomic E-state index is 14.3. The zero-order valence-electron chi connectivity index (χ0n) is 22.0. The molecule has 9 nitrogen and oxygen atoms in total. The van der Waals surface area contributed by atoms with E-state index >= 15 is 0 Å². The van der Waals surface area contributed by atoms with Crippen molar-refractivity contribution < 1.29 is 26.7 Å². The number of hydrogen-bond acceptors (Lipinski definition) is 7. The van der Waals surface area contributed by atoms with E-state index in [1.165, 1.54) is 25.1 Å². The molecule has 0 amide bonds. The molecule has 41 heavy (non-hydrogen) atoms. The maximum Gasteiger partial charge on any atom is 0.416 e. The van der Waals surface area contributed by atoms with E-state index in [0.29, 0.717) is 30.3 Å². The van der Waals surface area contributed by atoms with E-state index in [1.54, 1.807) is 4.90 Å². The van der Waals surface area contributed by atoms with Crippen LogP contribution in [0.4, 0.5) is 13.2 Å². The van der Waals surface area contributed by atoms with Gasteiger partial charge in [-0.1, -0.05) is 30.1 Å². The molecule has 0 radical (unpaired) electrons. The molecule has 1 aliphatic rings. The molecule has 2 aromatic carbocycles. The number of nitrogens with zero attached hydrogens (tertiary/aromatic N) is 2. The van der Waals surface area contributed by atoms with Crippen molar-refractivity contribution in [2.75, 3.05) is 32.0 Å². The third kappa shape index (κ3) is 6.81. The Morgan fingerprint density at radius 3 is 2.56 bits per heavy atom. The molecule has 0 bridgehead atoms. The fourth-order valence-electron chi connectivity index (χ4n) is 5.10. The van der Waals surface area contributed by atoms with Gasteiger partial charge in [-0.3, -0.25) is 14.3 Å². The molecule has 0 saturated carbocycles. The van der Waals surface area contributed by atoms with Gasteiger partial charge in [0.05, 0.1) is 45.3 Å². The molecule has 1 unspecified atom stereocenters. The predicted molar refractivity (Wildman–Crippen MR) is 151 cm³/mol. The maximum atomic E-state index is 14.3. The topological polar surface area (TPSA) is 124 Å². The highest BCUT2D eigenvalue weighted by atomic mass is 35.5. The number of hydrogen-bond donors (Lipinski definition) is 3. The van der Waals surface area contributed by atoms with Gasteiger partial charge in [0.2, 0.25) is 0 Å². The van der Waals surface area contributed by atoms with Gasteiger partial charge in [0.25, 0.3) is 5.56 Å². The number of likely N-dealkylation sites (tertiary alicyclic amines) is 1. The Morgan fingerprint density at radius 2 is 1.90 bits per heavy atom. The number of aromatic amines is 1. The summed E-state index contributed by atoms with van der Waals surface area (Å²) in [5.74, 6) is -0.257. The normalized spacial score (nSPS) is 16.9. The number of alkyl halides is 3. The van der Waals surface area contributed by atoms with Crippen molar-refractivity contribution in [2.24, 2.45) is 0 Å². The molecule has 1 saturated heterocycles. The van der Waals surface area contributed by atoms with Gasteiger partial charge in [0, 0.05) is 30.7 Å². The van der Waals surface area contributed by atoms with Crippen LogP contribution in [0.5, 0.6) is 0 Å². The average molecular weight is 638 g/mol. The number of sulfone groups is 1. The van der Waals surface area contributed by atoms with Gasteiger partial charge in [-0.2, -0.15) is 13.2 Å². The summed E-state index contributed by atoms with van der Waals surface area (Å²) in [5.41, 5.74) is -3.60.